The normalized spacial score (nSPS) is 11.2. The molecule has 1 heterocycles. The van der Waals surface area contributed by atoms with Crippen LogP contribution in [0.4, 0.5) is 0 Å². The minimum Gasteiger partial charge on any atom is -0.462 e. The van der Waals surface area contributed by atoms with Crippen LogP contribution in [0.5, 0.6) is 0 Å². The van der Waals surface area contributed by atoms with Gasteiger partial charge in [0.1, 0.15) is 4.60 Å². The molecule has 1 rings (SSSR count). The third-order valence-corrected chi connectivity index (χ3v) is 2.39. The van der Waals surface area contributed by atoms with Gasteiger partial charge in [0.05, 0.1) is 12.2 Å². The molecular weight excluding hydrogens is 284 g/mol. The maximum Gasteiger partial charge on any atom is 0.340 e. The first-order valence-electron chi connectivity index (χ1n) is 5.22. The molecule has 0 spiro atoms. The summed E-state index contributed by atoms with van der Waals surface area (Å²) in [5.74, 6) is -0.342. The Balaban J connectivity index is 3.06. The Morgan fingerprint density at radius 2 is 2.24 bits per heavy atom. The lowest BCUT2D eigenvalue weighted by atomic mass is 10.1. The smallest absolute Gasteiger partial charge is 0.340 e. The van der Waals surface area contributed by atoms with Crippen LogP contribution >= 0.6 is 15.9 Å². The van der Waals surface area contributed by atoms with E-state index >= 15 is 0 Å². The summed E-state index contributed by atoms with van der Waals surface area (Å²) < 4.78 is 5.75. The highest BCUT2D eigenvalue weighted by Gasteiger charge is 2.13. The summed E-state index contributed by atoms with van der Waals surface area (Å²) >= 11 is 3.26. The molecule has 0 amide bonds. The molecule has 5 heteroatoms. The molecule has 0 radical (unpaired) electrons. The zero-order chi connectivity index (χ0) is 12.8. The van der Waals surface area contributed by atoms with Gasteiger partial charge >= 0.3 is 5.97 Å². The van der Waals surface area contributed by atoms with Crippen molar-refractivity contribution in [2.75, 3.05) is 20.7 Å². The molecule has 0 aliphatic heterocycles. The van der Waals surface area contributed by atoms with Gasteiger partial charge in [0.15, 0.2) is 0 Å². The number of hydrogen-bond donors (Lipinski definition) is 0. The second-order valence-electron chi connectivity index (χ2n) is 3.60. The monoisotopic (exact) mass is 298 g/mol. The second-order valence-corrected chi connectivity index (χ2v) is 4.41. The van der Waals surface area contributed by atoms with Crippen LogP contribution in [0.1, 0.15) is 12.5 Å². The Bertz CT molecular complexity index is 413. The summed E-state index contributed by atoms with van der Waals surface area (Å²) in [7, 11) is 3.71. The second kappa shape index (κ2) is 6.39. The first-order chi connectivity index (χ1) is 8.04. The molecule has 0 aliphatic rings. The first-order valence-corrected chi connectivity index (χ1v) is 6.01. The number of esters is 1. The minimum absolute atomic E-state index is 0.342. The maximum absolute atomic E-state index is 11.8. The highest BCUT2D eigenvalue weighted by Crippen LogP contribution is 2.17. The van der Waals surface area contributed by atoms with Gasteiger partial charge in [0, 0.05) is 32.1 Å². The third kappa shape index (κ3) is 4.19. The van der Waals surface area contributed by atoms with E-state index in [4.69, 9.17) is 4.74 Å². The van der Waals surface area contributed by atoms with Gasteiger partial charge in [-0.3, -0.25) is 0 Å². The average Bonchev–Trinajstić information content (AvgIpc) is 2.27. The summed E-state index contributed by atoms with van der Waals surface area (Å²) in [6.07, 6.45) is 3.36. The van der Waals surface area contributed by atoms with Crippen LogP contribution in [0.3, 0.4) is 0 Å². The van der Waals surface area contributed by atoms with Crippen molar-refractivity contribution in [3.05, 3.63) is 34.7 Å². The molecule has 1 aromatic rings. The van der Waals surface area contributed by atoms with Crippen molar-refractivity contribution in [1.82, 2.24) is 9.88 Å². The first kappa shape index (κ1) is 13.7. The van der Waals surface area contributed by atoms with Crippen molar-refractivity contribution in [2.24, 2.45) is 0 Å². The van der Waals surface area contributed by atoms with Crippen LogP contribution in [0.2, 0.25) is 0 Å². The summed E-state index contributed by atoms with van der Waals surface area (Å²) in [4.78, 5) is 17.7. The maximum atomic E-state index is 11.8. The van der Waals surface area contributed by atoms with Gasteiger partial charge in [-0.2, -0.15) is 0 Å². The predicted molar refractivity (Wildman–Crippen MR) is 70.2 cm³/mol. The largest absolute Gasteiger partial charge is 0.462 e. The van der Waals surface area contributed by atoms with Crippen molar-refractivity contribution in [1.29, 1.82) is 0 Å². The van der Waals surface area contributed by atoms with Crippen molar-refractivity contribution < 1.29 is 9.53 Å². The highest BCUT2D eigenvalue weighted by atomic mass is 79.9. The summed E-state index contributed by atoms with van der Waals surface area (Å²) in [6.45, 7) is 2.14. The number of aromatic nitrogens is 1. The molecule has 0 aromatic carbocycles. The molecule has 17 heavy (non-hydrogen) atoms. The van der Waals surface area contributed by atoms with E-state index in [2.05, 4.69) is 20.9 Å². The van der Waals surface area contributed by atoms with Crippen LogP contribution in [-0.4, -0.2) is 36.6 Å². The lowest BCUT2D eigenvalue weighted by Crippen LogP contribution is -2.11. The van der Waals surface area contributed by atoms with Gasteiger partial charge in [-0.25, -0.2) is 9.78 Å². The highest BCUT2D eigenvalue weighted by molar-refractivity contribution is 9.10. The number of halogens is 1. The summed E-state index contributed by atoms with van der Waals surface area (Å²) in [5, 5.41) is 0. The number of nitrogens with zero attached hydrogens (tertiary/aromatic N) is 2. The molecule has 1 aromatic heterocycles. The summed E-state index contributed by atoms with van der Waals surface area (Å²) in [6, 6.07) is 3.61. The molecule has 0 unspecified atom stereocenters. The Morgan fingerprint density at radius 3 is 2.71 bits per heavy atom. The van der Waals surface area contributed by atoms with Crippen LogP contribution < -0.4 is 0 Å². The number of ether oxygens (including phenoxy) is 1. The average molecular weight is 299 g/mol. The summed E-state index contributed by atoms with van der Waals surface area (Å²) in [5.41, 5.74) is 1.23. The van der Waals surface area contributed by atoms with E-state index in [9.17, 15) is 4.79 Å². The van der Waals surface area contributed by atoms with E-state index in [1.165, 1.54) is 0 Å². The lowest BCUT2D eigenvalue weighted by molar-refractivity contribution is -0.136. The molecule has 92 valence electrons. The molecule has 0 atom stereocenters. The molecule has 0 aliphatic carbocycles. The molecule has 0 bridgehead atoms. The zero-order valence-corrected chi connectivity index (χ0v) is 11.7. The van der Waals surface area contributed by atoms with E-state index in [1.807, 2.05) is 20.2 Å². The van der Waals surface area contributed by atoms with E-state index in [1.54, 1.807) is 30.3 Å². The van der Waals surface area contributed by atoms with Gasteiger partial charge in [-0.1, -0.05) is 0 Å². The van der Waals surface area contributed by atoms with Crippen LogP contribution in [0, 0.1) is 0 Å². The molecule has 0 saturated heterocycles. The fraction of sp³-hybridized carbons (Fsp3) is 0.333. The van der Waals surface area contributed by atoms with E-state index in [0.717, 1.165) is 10.2 Å². The van der Waals surface area contributed by atoms with Gasteiger partial charge in [0.25, 0.3) is 0 Å². The molecule has 0 N–H and O–H groups in total. The molecule has 0 fully saturated rings. The topological polar surface area (TPSA) is 42.4 Å². The third-order valence-electron chi connectivity index (χ3n) is 1.92. The van der Waals surface area contributed by atoms with Crippen LogP contribution in [0.25, 0.3) is 5.57 Å². The Kier molecular flexibility index (Phi) is 5.15. The number of carbonyl (C=O) groups is 1. The van der Waals surface area contributed by atoms with Gasteiger partial charge < -0.3 is 9.64 Å². The van der Waals surface area contributed by atoms with Gasteiger partial charge in [-0.15, -0.1) is 0 Å². The van der Waals surface area contributed by atoms with Crippen LogP contribution in [-0.2, 0) is 9.53 Å². The van der Waals surface area contributed by atoms with Crippen molar-refractivity contribution in [2.45, 2.75) is 6.92 Å². The number of carbonyl (C=O) groups excluding carboxylic acids is 1. The number of rotatable bonds is 4. The van der Waals surface area contributed by atoms with Gasteiger partial charge in [0.2, 0.25) is 0 Å². The van der Waals surface area contributed by atoms with Crippen molar-refractivity contribution in [3.8, 4) is 0 Å². The van der Waals surface area contributed by atoms with Crippen molar-refractivity contribution in [3.63, 3.8) is 0 Å². The Labute approximate surface area is 109 Å². The molecule has 0 saturated carbocycles. The zero-order valence-electron chi connectivity index (χ0n) is 10.1. The number of pyridine rings is 1. The fourth-order valence-electron chi connectivity index (χ4n) is 1.25. The SMILES string of the molecule is CCOC(=O)C(=CN(C)C)c1ccc(Br)nc1. The Morgan fingerprint density at radius 1 is 1.53 bits per heavy atom. The molecule has 4 nitrogen and oxygen atoms in total. The van der Waals surface area contributed by atoms with Gasteiger partial charge in [-0.05, 0) is 35.0 Å². The quantitative estimate of drug-likeness (QED) is 0.486. The fourth-order valence-corrected chi connectivity index (χ4v) is 1.48. The van der Waals surface area contributed by atoms with E-state index in [0.29, 0.717) is 12.2 Å². The van der Waals surface area contributed by atoms with E-state index < -0.39 is 0 Å². The lowest BCUT2D eigenvalue weighted by Gasteiger charge is -2.11. The van der Waals surface area contributed by atoms with Crippen LogP contribution in [0.15, 0.2) is 29.1 Å². The van der Waals surface area contributed by atoms with E-state index in [-0.39, 0.29) is 5.97 Å². The number of hydrogen-bond acceptors (Lipinski definition) is 4. The molecular formula is C12H15BrN2O2. The minimum atomic E-state index is -0.342. The Hall–Kier alpha value is -1.36. The van der Waals surface area contributed by atoms with Crippen molar-refractivity contribution >= 4 is 27.5 Å². The predicted octanol–water partition coefficient (Wildman–Crippen LogP) is 2.31. The standard InChI is InChI=1S/C12H15BrN2O2/c1-4-17-12(16)10(8-15(2)3)9-5-6-11(13)14-7-9/h5-8H,4H2,1-3H3.